The molecule has 1 aromatic rings. The number of nitrogens with one attached hydrogen (secondary N) is 1. The number of aliphatic hydroxyl groups excluding tert-OH is 1. The zero-order valence-corrected chi connectivity index (χ0v) is 14.2. The number of aliphatic hydroxyl groups is 1. The maximum Gasteiger partial charge on any atom is 0.0741 e. The van der Waals surface area contributed by atoms with E-state index in [0.29, 0.717) is 12.0 Å². The van der Waals surface area contributed by atoms with Crippen LogP contribution in [0.1, 0.15) is 38.8 Å². The van der Waals surface area contributed by atoms with Crippen LogP contribution in [0.5, 0.6) is 0 Å². The van der Waals surface area contributed by atoms with E-state index in [4.69, 9.17) is 0 Å². The average molecular weight is 341 g/mol. The van der Waals surface area contributed by atoms with E-state index in [0.717, 1.165) is 30.5 Å². The van der Waals surface area contributed by atoms with Crippen molar-refractivity contribution in [1.82, 2.24) is 5.32 Å². The standard InChI is InChI=1S/C16H25BrN2O/c1-4-18-12(3)14-6-5-13(17)9-15(14)19-8-7-11(2)16(20)10-19/h5-6,9,11-12,16,18,20H,4,7-8,10H2,1-3H3. The number of piperidine rings is 1. The van der Waals surface area contributed by atoms with E-state index < -0.39 is 0 Å². The van der Waals surface area contributed by atoms with Crippen LogP contribution in [0.4, 0.5) is 5.69 Å². The third-order valence-corrected chi connectivity index (χ3v) is 4.72. The average Bonchev–Trinajstić information content (AvgIpc) is 2.42. The summed E-state index contributed by atoms with van der Waals surface area (Å²) in [6, 6.07) is 6.76. The fourth-order valence-corrected chi connectivity index (χ4v) is 3.19. The first-order chi connectivity index (χ1) is 9.52. The van der Waals surface area contributed by atoms with Crippen molar-refractivity contribution >= 4 is 21.6 Å². The lowest BCUT2D eigenvalue weighted by Crippen LogP contribution is -2.43. The Bertz CT molecular complexity index is 452. The number of hydrogen-bond donors (Lipinski definition) is 2. The highest BCUT2D eigenvalue weighted by Gasteiger charge is 2.26. The van der Waals surface area contributed by atoms with Gasteiger partial charge in [0.15, 0.2) is 0 Å². The second-order valence-corrected chi connectivity index (χ2v) is 6.68. The Morgan fingerprint density at radius 1 is 1.50 bits per heavy atom. The molecular formula is C16H25BrN2O. The maximum absolute atomic E-state index is 10.1. The first-order valence-electron chi connectivity index (χ1n) is 7.48. The molecule has 1 saturated heterocycles. The van der Waals surface area contributed by atoms with Crippen LogP contribution < -0.4 is 10.2 Å². The van der Waals surface area contributed by atoms with Crippen LogP contribution >= 0.6 is 15.9 Å². The molecule has 0 aromatic heterocycles. The van der Waals surface area contributed by atoms with Crippen LogP contribution in [-0.2, 0) is 0 Å². The van der Waals surface area contributed by atoms with Crippen molar-refractivity contribution in [2.24, 2.45) is 5.92 Å². The Kier molecular flexibility index (Phi) is 5.47. The van der Waals surface area contributed by atoms with E-state index in [1.807, 2.05) is 0 Å². The lowest BCUT2D eigenvalue weighted by Gasteiger charge is -2.37. The summed E-state index contributed by atoms with van der Waals surface area (Å²) in [6.45, 7) is 9.14. The van der Waals surface area contributed by atoms with Gasteiger partial charge in [-0.2, -0.15) is 0 Å². The van der Waals surface area contributed by atoms with Crippen molar-refractivity contribution in [2.75, 3.05) is 24.5 Å². The van der Waals surface area contributed by atoms with Gasteiger partial charge in [0.05, 0.1) is 6.10 Å². The molecule has 0 radical (unpaired) electrons. The van der Waals surface area contributed by atoms with Crippen LogP contribution in [0.2, 0.25) is 0 Å². The molecule has 0 bridgehead atoms. The van der Waals surface area contributed by atoms with Crippen LogP contribution in [0.15, 0.2) is 22.7 Å². The number of benzene rings is 1. The van der Waals surface area contributed by atoms with Gasteiger partial charge >= 0.3 is 0 Å². The van der Waals surface area contributed by atoms with Gasteiger partial charge in [0.1, 0.15) is 0 Å². The Hall–Kier alpha value is -0.580. The predicted octanol–water partition coefficient (Wildman–Crippen LogP) is 3.33. The molecule has 0 saturated carbocycles. The second kappa shape index (κ2) is 6.92. The maximum atomic E-state index is 10.1. The Balaban J connectivity index is 2.27. The highest BCUT2D eigenvalue weighted by molar-refractivity contribution is 9.10. The zero-order valence-electron chi connectivity index (χ0n) is 12.6. The fourth-order valence-electron chi connectivity index (χ4n) is 2.84. The molecule has 2 N–H and O–H groups in total. The predicted molar refractivity (Wildman–Crippen MR) is 88.2 cm³/mol. The molecule has 20 heavy (non-hydrogen) atoms. The zero-order chi connectivity index (χ0) is 14.7. The van der Waals surface area contributed by atoms with E-state index >= 15 is 0 Å². The Morgan fingerprint density at radius 3 is 2.90 bits per heavy atom. The first-order valence-corrected chi connectivity index (χ1v) is 8.28. The molecule has 1 aliphatic heterocycles. The van der Waals surface area contributed by atoms with Gasteiger partial charge in [-0.05, 0) is 43.5 Å². The number of rotatable bonds is 4. The summed E-state index contributed by atoms with van der Waals surface area (Å²) in [5, 5.41) is 13.6. The summed E-state index contributed by atoms with van der Waals surface area (Å²) in [6.07, 6.45) is 0.813. The normalized spacial score (nSPS) is 24.8. The fraction of sp³-hybridized carbons (Fsp3) is 0.625. The third-order valence-electron chi connectivity index (χ3n) is 4.23. The highest BCUT2D eigenvalue weighted by Crippen LogP contribution is 2.32. The number of nitrogens with zero attached hydrogens (tertiary/aromatic N) is 1. The van der Waals surface area contributed by atoms with Crippen molar-refractivity contribution in [3.05, 3.63) is 28.2 Å². The van der Waals surface area contributed by atoms with Crippen molar-refractivity contribution in [3.63, 3.8) is 0 Å². The van der Waals surface area contributed by atoms with Crippen LogP contribution in [0.25, 0.3) is 0 Å². The monoisotopic (exact) mass is 340 g/mol. The van der Waals surface area contributed by atoms with Gasteiger partial charge < -0.3 is 15.3 Å². The number of anilines is 1. The third kappa shape index (κ3) is 3.54. The van der Waals surface area contributed by atoms with Crippen molar-refractivity contribution in [3.8, 4) is 0 Å². The van der Waals surface area contributed by atoms with E-state index in [9.17, 15) is 5.11 Å². The summed E-state index contributed by atoms with van der Waals surface area (Å²) in [5.74, 6) is 0.396. The minimum absolute atomic E-state index is 0.231. The SMILES string of the molecule is CCNC(C)c1ccc(Br)cc1N1CCC(C)C(O)C1. The van der Waals surface area contributed by atoms with Gasteiger partial charge in [0.25, 0.3) is 0 Å². The molecule has 0 amide bonds. The molecule has 112 valence electrons. The van der Waals surface area contributed by atoms with Crippen molar-refractivity contribution in [2.45, 2.75) is 39.3 Å². The van der Waals surface area contributed by atoms with Crippen molar-refractivity contribution < 1.29 is 5.11 Å². The summed E-state index contributed by atoms with van der Waals surface area (Å²) in [5.41, 5.74) is 2.54. The Labute approximate surface area is 130 Å². The van der Waals surface area contributed by atoms with Gasteiger partial charge in [-0.3, -0.25) is 0 Å². The molecule has 1 aromatic carbocycles. The molecule has 4 heteroatoms. The number of halogens is 1. The largest absolute Gasteiger partial charge is 0.391 e. The lowest BCUT2D eigenvalue weighted by atomic mass is 9.94. The molecule has 1 fully saturated rings. The molecule has 0 aliphatic carbocycles. The molecule has 1 aliphatic rings. The van der Waals surface area contributed by atoms with E-state index in [1.54, 1.807) is 0 Å². The second-order valence-electron chi connectivity index (χ2n) is 5.76. The summed E-state index contributed by atoms with van der Waals surface area (Å²) < 4.78 is 1.09. The minimum Gasteiger partial charge on any atom is -0.391 e. The number of hydrogen-bond acceptors (Lipinski definition) is 3. The summed E-state index contributed by atoms with van der Waals surface area (Å²) in [7, 11) is 0. The molecule has 3 atom stereocenters. The van der Waals surface area contributed by atoms with Crippen molar-refractivity contribution in [1.29, 1.82) is 0 Å². The van der Waals surface area contributed by atoms with Crippen LogP contribution in [-0.4, -0.2) is 30.8 Å². The Morgan fingerprint density at radius 2 is 2.25 bits per heavy atom. The minimum atomic E-state index is -0.231. The number of β-amino-alcohol motifs (C(OH)–C–C–N with tert-alkyl or cyclic N) is 1. The van der Waals surface area contributed by atoms with E-state index in [-0.39, 0.29) is 6.10 Å². The molecule has 3 nitrogen and oxygen atoms in total. The van der Waals surface area contributed by atoms with Crippen LogP contribution in [0, 0.1) is 5.92 Å². The molecule has 0 spiro atoms. The first kappa shape index (κ1) is 15.8. The molecular weight excluding hydrogens is 316 g/mol. The van der Waals surface area contributed by atoms with Gasteiger partial charge in [-0.1, -0.05) is 35.8 Å². The summed E-state index contributed by atoms with van der Waals surface area (Å²) in [4.78, 5) is 2.32. The molecule has 2 rings (SSSR count). The van der Waals surface area contributed by atoms with Gasteiger partial charge in [-0.15, -0.1) is 0 Å². The smallest absolute Gasteiger partial charge is 0.0741 e. The molecule has 3 unspecified atom stereocenters. The lowest BCUT2D eigenvalue weighted by molar-refractivity contribution is 0.103. The van der Waals surface area contributed by atoms with Gasteiger partial charge in [0.2, 0.25) is 0 Å². The van der Waals surface area contributed by atoms with E-state index in [2.05, 4.69) is 65.1 Å². The molecule has 1 heterocycles. The quantitative estimate of drug-likeness (QED) is 0.882. The highest BCUT2D eigenvalue weighted by atomic mass is 79.9. The summed E-state index contributed by atoms with van der Waals surface area (Å²) >= 11 is 3.57. The topological polar surface area (TPSA) is 35.5 Å². The van der Waals surface area contributed by atoms with Gasteiger partial charge in [-0.25, -0.2) is 0 Å². The van der Waals surface area contributed by atoms with E-state index in [1.165, 1.54) is 11.3 Å². The van der Waals surface area contributed by atoms with Crippen LogP contribution in [0.3, 0.4) is 0 Å². The van der Waals surface area contributed by atoms with Gasteiger partial charge in [0, 0.05) is 29.3 Å².